The minimum atomic E-state index is -0.303. The Kier molecular flexibility index (Phi) is 4.63. The van der Waals surface area contributed by atoms with E-state index >= 15 is 0 Å². The Bertz CT molecular complexity index is 300. The topological polar surface area (TPSA) is 38.8 Å². The largest absolute Gasteiger partial charge is 0.465 e. The smallest absolute Gasteiger partial charge is 0.328 e. The number of nitrogens with zero attached hydrogens (tertiary/aromatic N) is 1. The number of hydrogen-bond donors (Lipinski definition) is 0. The number of carbonyl (C=O) groups excluding carboxylic acids is 1. The number of para-hydroxylation sites is 1. The van der Waals surface area contributed by atoms with E-state index in [4.69, 9.17) is 9.57 Å². The number of hydroxylamine groups is 1. The second-order valence-corrected chi connectivity index (χ2v) is 2.86. The molecule has 0 aliphatic rings. The summed E-state index contributed by atoms with van der Waals surface area (Å²) in [5.74, 6) is -0.303. The Balaban J connectivity index is 2.61. The molecule has 15 heavy (non-hydrogen) atoms. The highest BCUT2D eigenvalue weighted by Crippen LogP contribution is 2.12. The zero-order chi connectivity index (χ0) is 11.1. The van der Waals surface area contributed by atoms with Crippen molar-refractivity contribution in [1.29, 1.82) is 0 Å². The van der Waals surface area contributed by atoms with Crippen molar-refractivity contribution in [2.75, 3.05) is 25.3 Å². The number of benzene rings is 1. The molecule has 0 saturated carbocycles. The number of ether oxygens (including phenoxy) is 1. The van der Waals surface area contributed by atoms with E-state index in [0.29, 0.717) is 6.61 Å². The van der Waals surface area contributed by atoms with Gasteiger partial charge in [0.2, 0.25) is 0 Å². The van der Waals surface area contributed by atoms with Crippen LogP contribution in [0.25, 0.3) is 0 Å². The van der Waals surface area contributed by atoms with Crippen molar-refractivity contribution < 1.29 is 14.4 Å². The number of anilines is 1. The summed E-state index contributed by atoms with van der Waals surface area (Å²) in [6.07, 6.45) is 0. The average molecular weight is 209 g/mol. The van der Waals surface area contributed by atoms with E-state index in [2.05, 4.69) is 0 Å². The normalized spacial score (nSPS) is 9.73. The van der Waals surface area contributed by atoms with Crippen LogP contribution in [0.1, 0.15) is 6.92 Å². The van der Waals surface area contributed by atoms with Gasteiger partial charge in [-0.25, -0.2) is 5.06 Å². The zero-order valence-corrected chi connectivity index (χ0v) is 8.97. The minimum absolute atomic E-state index is 0.0916. The van der Waals surface area contributed by atoms with Crippen LogP contribution in [0.5, 0.6) is 0 Å². The lowest BCUT2D eigenvalue weighted by Gasteiger charge is -2.20. The Morgan fingerprint density at radius 2 is 2.00 bits per heavy atom. The Hall–Kier alpha value is -1.55. The van der Waals surface area contributed by atoms with Crippen molar-refractivity contribution in [1.82, 2.24) is 0 Å². The highest BCUT2D eigenvalue weighted by Gasteiger charge is 2.11. The van der Waals surface area contributed by atoms with Crippen molar-refractivity contribution in [2.45, 2.75) is 6.92 Å². The first-order valence-electron chi connectivity index (χ1n) is 4.80. The summed E-state index contributed by atoms with van der Waals surface area (Å²) in [6.45, 7) is 2.25. The highest BCUT2D eigenvalue weighted by molar-refractivity contribution is 5.75. The first-order valence-corrected chi connectivity index (χ1v) is 4.80. The number of esters is 1. The molecule has 4 heteroatoms. The average Bonchev–Trinajstić information content (AvgIpc) is 2.27. The van der Waals surface area contributed by atoms with Crippen LogP contribution in [0.4, 0.5) is 5.69 Å². The molecule has 0 radical (unpaired) electrons. The molecule has 0 amide bonds. The second kappa shape index (κ2) is 6.03. The molecule has 82 valence electrons. The van der Waals surface area contributed by atoms with Crippen LogP contribution < -0.4 is 5.06 Å². The SMILES string of the molecule is CCOC(=O)CN(OC)c1ccccc1. The third-order valence-electron chi connectivity index (χ3n) is 1.84. The summed E-state index contributed by atoms with van der Waals surface area (Å²) in [6, 6.07) is 9.40. The molecule has 0 atom stereocenters. The second-order valence-electron chi connectivity index (χ2n) is 2.86. The number of carbonyl (C=O) groups is 1. The van der Waals surface area contributed by atoms with Crippen molar-refractivity contribution in [3.8, 4) is 0 Å². The van der Waals surface area contributed by atoms with E-state index in [1.165, 1.54) is 12.2 Å². The first-order chi connectivity index (χ1) is 7.27. The lowest BCUT2D eigenvalue weighted by molar-refractivity contribution is -0.142. The summed E-state index contributed by atoms with van der Waals surface area (Å²) < 4.78 is 4.84. The molecule has 4 nitrogen and oxygen atoms in total. The van der Waals surface area contributed by atoms with Crippen LogP contribution >= 0.6 is 0 Å². The van der Waals surface area contributed by atoms with Gasteiger partial charge in [0, 0.05) is 0 Å². The van der Waals surface area contributed by atoms with Gasteiger partial charge in [-0.15, -0.1) is 0 Å². The molecule has 1 aromatic carbocycles. The van der Waals surface area contributed by atoms with Gasteiger partial charge in [0.05, 0.1) is 19.4 Å². The molecule has 0 heterocycles. The quantitative estimate of drug-likeness (QED) is 0.545. The van der Waals surface area contributed by atoms with E-state index in [1.807, 2.05) is 30.3 Å². The van der Waals surface area contributed by atoms with E-state index in [0.717, 1.165) is 5.69 Å². The van der Waals surface area contributed by atoms with E-state index in [-0.39, 0.29) is 12.5 Å². The van der Waals surface area contributed by atoms with Crippen LogP contribution in [0.15, 0.2) is 30.3 Å². The summed E-state index contributed by atoms with van der Waals surface area (Å²) in [5.41, 5.74) is 0.827. The van der Waals surface area contributed by atoms with Gasteiger partial charge in [-0.1, -0.05) is 18.2 Å². The first kappa shape index (κ1) is 11.5. The third kappa shape index (κ3) is 3.59. The van der Waals surface area contributed by atoms with Crippen LogP contribution in [0, 0.1) is 0 Å². The van der Waals surface area contributed by atoms with Gasteiger partial charge in [-0.05, 0) is 19.1 Å². The van der Waals surface area contributed by atoms with Gasteiger partial charge in [-0.3, -0.25) is 9.63 Å². The monoisotopic (exact) mass is 209 g/mol. The molecule has 0 aromatic heterocycles. The van der Waals surface area contributed by atoms with Crippen LogP contribution in [-0.2, 0) is 14.4 Å². The molecule has 0 fully saturated rings. The van der Waals surface area contributed by atoms with Crippen molar-refractivity contribution in [3.63, 3.8) is 0 Å². The molecule has 0 bridgehead atoms. The summed E-state index contributed by atoms with van der Waals surface area (Å²) in [5, 5.41) is 1.48. The standard InChI is InChI=1S/C11H15NO3/c1-3-15-11(13)9-12(14-2)10-7-5-4-6-8-10/h4-8H,3,9H2,1-2H3. The molecule has 0 aliphatic carbocycles. The fourth-order valence-corrected chi connectivity index (χ4v) is 1.18. The van der Waals surface area contributed by atoms with Crippen LogP contribution in [0.3, 0.4) is 0 Å². The lowest BCUT2D eigenvalue weighted by atomic mass is 10.3. The summed E-state index contributed by atoms with van der Waals surface area (Å²) >= 11 is 0. The number of rotatable bonds is 5. The molecule has 1 rings (SSSR count). The zero-order valence-electron chi connectivity index (χ0n) is 8.97. The summed E-state index contributed by atoms with van der Waals surface area (Å²) in [4.78, 5) is 16.3. The van der Waals surface area contributed by atoms with Crippen LogP contribution in [0.2, 0.25) is 0 Å². The maximum Gasteiger partial charge on any atom is 0.328 e. The predicted molar refractivity (Wildman–Crippen MR) is 57.4 cm³/mol. The van der Waals surface area contributed by atoms with Gasteiger partial charge >= 0.3 is 5.97 Å². The van der Waals surface area contributed by atoms with Gasteiger partial charge in [0.25, 0.3) is 0 Å². The van der Waals surface area contributed by atoms with E-state index < -0.39 is 0 Å². The van der Waals surface area contributed by atoms with Crippen molar-refractivity contribution >= 4 is 11.7 Å². The minimum Gasteiger partial charge on any atom is -0.465 e. The molecular weight excluding hydrogens is 194 g/mol. The van der Waals surface area contributed by atoms with E-state index in [1.54, 1.807) is 6.92 Å². The Labute approximate surface area is 89.4 Å². The van der Waals surface area contributed by atoms with E-state index in [9.17, 15) is 4.79 Å². The molecule has 0 aliphatic heterocycles. The van der Waals surface area contributed by atoms with Crippen molar-refractivity contribution in [3.05, 3.63) is 30.3 Å². The summed E-state index contributed by atoms with van der Waals surface area (Å²) in [7, 11) is 1.52. The molecule has 0 saturated heterocycles. The van der Waals surface area contributed by atoms with Gasteiger partial charge in [0.15, 0.2) is 0 Å². The molecular formula is C11H15NO3. The number of hydrogen-bond acceptors (Lipinski definition) is 4. The van der Waals surface area contributed by atoms with Gasteiger partial charge in [-0.2, -0.15) is 0 Å². The molecule has 0 unspecified atom stereocenters. The highest BCUT2D eigenvalue weighted by atomic mass is 16.7. The van der Waals surface area contributed by atoms with Crippen molar-refractivity contribution in [2.24, 2.45) is 0 Å². The molecule has 0 spiro atoms. The molecule has 1 aromatic rings. The fraction of sp³-hybridized carbons (Fsp3) is 0.364. The van der Waals surface area contributed by atoms with Crippen LogP contribution in [-0.4, -0.2) is 26.2 Å². The Morgan fingerprint density at radius 3 is 2.53 bits per heavy atom. The maximum absolute atomic E-state index is 11.2. The Morgan fingerprint density at radius 1 is 1.33 bits per heavy atom. The fourth-order valence-electron chi connectivity index (χ4n) is 1.18. The maximum atomic E-state index is 11.2. The van der Waals surface area contributed by atoms with Gasteiger partial charge in [0.1, 0.15) is 6.54 Å². The lowest BCUT2D eigenvalue weighted by Crippen LogP contribution is -2.29. The third-order valence-corrected chi connectivity index (χ3v) is 1.84. The molecule has 0 N–H and O–H groups in total. The van der Waals surface area contributed by atoms with Gasteiger partial charge < -0.3 is 4.74 Å². The predicted octanol–water partition coefficient (Wildman–Crippen LogP) is 1.62.